The lowest BCUT2D eigenvalue weighted by Crippen LogP contribution is -2.26. The minimum Gasteiger partial charge on any atom is -0.380 e. The summed E-state index contributed by atoms with van der Waals surface area (Å²) in [5.74, 6) is -0.0304. The fraction of sp³-hybridized carbons (Fsp3) is 0.211. The van der Waals surface area contributed by atoms with Crippen LogP contribution in [0.15, 0.2) is 98.0 Å². The molecule has 2 aliphatic heterocycles. The van der Waals surface area contributed by atoms with E-state index in [-0.39, 0.29) is 11.5 Å². The van der Waals surface area contributed by atoms with E-state index in [0.29, 0.717) is 52.1 Å². The van der Waals surface area contributed by atoms with Crippen molar-refractivity contribution in [2.75, 3.05) is 31.7 Å². The van der Waals surface area contributed by atoms with Gasteiger partial charge in [0, 0.05) is 77.0 Å². The molecule has 14 nitrogen and oxygen atoms in total. The van der Waals surface area contributed by atoms with Crippen LogP contribution < -0.4 is 5.32 Å². The van der Waals surface area contributed by atoms with Crippen molar-refractivity contribution in [3.05, 3.63) is 136 Å². The van der Waals surface area contributed by atoms with Gasteiger partial charge >= 0.3 is 6.18 Å². The van der Waals surface area contributed by atoms with Gasteiger partial charge in [0.2, 0.25) is 0 Å². The van der Waals surface area contributed by atoms with E-state index in [9.17, 15) is 18.0 Å². The van der Waals surface area contributed by atoms with E-state index in [1.165, 1.54) is 18.3 Å². The predicted molar refractivity (Wildman–Crippen MR) is 203 cm³/mol. The van der Waals surface area contributed by atoms with E-state index in [2.05, 4.69) is 40.5 Å². The third-order valence-electron chi connectivity index (χ3n) is 9.20. The Morgan fingerprint density at radius 1 is 0.754 bits per heavy atom. The van der Waals surface area contributed by atoms with E-state index < -0.39 is 17.6 Å². The van der Waals surface area contributed by atoms with Crippen LogP contribution in [0.2, 0.25) is 10.3 Å². The van der Waals surface area contributed by atoms with Gasteiger partial charge in [0.05, 0.1) is 49.6 Å². The topological polar surface area (TPSA) is 151 Å². The van der Waals surface area contributed by atoms with Gasteiger partial charge in [0.15, 0.2) is 16.9 Å². The van der Waals surface area contributed by atoms with Crippen molar-refractivity contribution in [3.8, 4) is 11.3 Å². The van der Waals surface area contributed by atoms with Crippen LogP contribution in [-0.4, -0.2) is 81.1 Å². The van der Waals surface area contributed by atoms with E-state index in [0.717, 1.165) is 53.4 Å². The highest BCUT2D eigenvalue weighted by Crippen LogP contribution is 2.33. The number of imidazole rings is 3. The molecular weight excluding hydrogens is 786 g/mol. The van der Waals surface area contributed by atoms with Gasteiger partial charge in [0.1, 0.15) is 10.3 Å². The number of aryl methyl sites for hydroxylation is 1. The first-order valence-corrected chi connectivity index (χ1v) is 18.2. The number of rotatable bonds is 5. The Labute approximate surface area is 331 Å². The molecule has 19 heteroatoms. The zero-order valence-corrected chi connectivity index (χ0v) is 31.3. The average Bonchev–Trinajstić information content (AvgIpc) is 3.93. The molecule has 290 valence electrons. The predicted octanol–water partition coefficient (Wildman–Crippen LogP) is 7.36. The Bertz CT molecular complexity index is 2730. The molecule has 0 aliphatic carbocycles. The lowest BCUT2D eigenvalue weighted by molar-refractivity contribution is -0.137. The molecule has 2 fully saturated rings. The number of hydrogen-bond donors (Lipinski definition) is 1. The van der Waals surface area contributed by atoms with E-state index in [1.807, 2.05) is 25.1 Å². The third-order valence-corrected chi connectivity index (χ3v) is 9.58. The number of halogens is 5. The molecule has 2 saturated heterocycles. The van der Waals surface area contributed by atoms with Crippen molar-refractivity contribution in [1.29, 1.82) is 0 Å². The number of nitrogens with zero attached hydrogens (tertiary/aromatic N) is 10. The number of carbonyl (C=O) groups excluding carboxylic acids is 1. The van der Waals surface area contributed by atoms with Crippen molar-refractivity contribution in [2.45, 2.75) is 24.9 Å². The Morgan fingerprint density at radius 2 is 1.39 bits per heavy atom. The minimum atomic E-state index is -4.53. The van der Waals surface area contributed by atoms with Crippen LogP contribution in [-0.2, 0) is 15.7 Å². The monoisotopic (exact) mass is 815 g/mol. The van der Waals surface area contributed by atoms with Gasteiger partial charge in [0.25, 0.3) is 5.91 Å². The van der Waals surface area contributed by atoms with Crippen LogP contribution in [0.1, 0.15) is 44.6 Å². The van der Waals surface area contributed by atoms with Crippen molar-refractivity contribution >= 4 is 51.7 Å². The van der Waals surface area contributed by atoms with Crippen molar-refractivity contribution in [2.24, 2.45) is 0 Å². The Balaban J connectivity index is 0.000000153. The van der Waals surface area contributed by atoms with E-state index in [1.54, 1.807) is 62.9 Å². The van der Waals surface area contributed by atoms with Crippen LogP contribution in [0, 0.1) is 6.92 Å². The number of nitrogens with one attached hydrogen (secondary N) is 1. The maximum Gasteiger partial charge on any atom is 0.416 e. The molecule has 0 spiro atoms. The molecule has 0 bridgehead atoms. The van der Waals surface area contributed by atoms with E-state index >= 15 is 0 Å². The minimum absolute atomic E-state index is 0.0998. The number of hydrogen-bond acceptors (Lipinski definition) is 10. The summed E-state index contributed by atoms with van der Waals surface area (Å²) in [6, 6.07) is 13.3. The second kappa shape index (κ2) is 15.9. The third kappa shape index (κ3) is 8.27. The highest BCUT2D eigenvalue weighted by atomic mass is 35.5. The molecule has 0 radical (unpaired) electrons. The second-order valence-corrected chi connectivity index (χ2v) is 13.8. The summed E-state index contributed by atoms with van der Waals surface area (Å²) in [5.41, 5.74) is 5.96. The van der Waals surface area contributed by atoms with Gasteiger partial charge in [-0.1, -0.05) is 29.3 Å². The van der Waals surface area contributed by atoms with Crippen LogP contribution in [0.5, 0.6) is 0 Å². The van der Waals surface area contributed by atoms with Crippen LogP contribution >= 0.6 is 23.2 Å². The number of fused-ring (bicyclic) bond motifs is 3. The molecule has 1 aromatic carbocycles. The van der Waals surface area contributed by atoms with Gasteiger partial charge in [-0.3, -0.25) is 9.78 Å². The fourth-order valence-electron chi connectivity index (χ4n) is 6.11. The summed E-state index contributed by atoms with van der Waals surface area (Å²) < 4.78 is 54.5. The van der Waals surface area contributed by atoms with Gasteiger partial charge in [-0.25, -0.2) is 28.5 Å². The molecule has 57 heavy (non-hydrogen) atoms. The lowest BCUT2D eigenvalue weighted by atomic mass is 9.97. The molecule has 0 unspecified atom stereocenters. The molecule has 1 N–H and O–H groups in total. The van der Waals surface area contributed by atoms with Gasteiger partial charge in [-0.15, -0.1) is 0 Å². The number of anilines is 1. The van der Waals surface area contributed by atoms with Crippen LogP contribution in [0.25, 0.3) is 28.2 Å². The number of alkyl halides is 3. The number of carbonyl (C=O) groups is 1. The molecule has 1 amide bonds. The quantitative estimate of drug-likeness (QED) is 0.187. The standard InChI is InChI=1S/C23H18F3N5O2.C9H8ClN3O.C6H4ClN3/c1-13-18(20-9-19(15-11-33-12-15)21-27-5-6-31(21)30-20)8-17(10-28-13)29-22(32)14-3-2-4-16(7-14)23(24,25)26;10-8-3-7(6-4-14-5-6)9-11-1-2-13(9)12-8;7-5-1-2-6-8-3-4-10(6)9-5/h2-10,15H,11-12H2,1H3,(H,29,32);1-3,6H,4-5H2;1-4H. The van der Waals surface area contributed by atoms with Crippen molar-refractivity contribution in [1.82, 2.24) is 48.8 Å². The lowest BCUT2D eigenvalue weighted by Gasteiger charge is -2.26. The SMILES string of the molecule is Cc1ncc(NC(=O)c2cccc(C(F)(F)F)c2)cc1-c1cc(C2COC2)c2nccn2n1.Clc1cc(C2COC2)c2nccn2n1.Clc1ccc2nccn2n1. The normalized spacial score (nSPS) is 14.4. The Kier molecular flexibility index (Phi) is 10.5. The fourth-order valence-corrected chi connectivity index (χ4v) is 6.45. The first kappa shape index (κ1) is 37.9. The molecule has 10 rings (SSSR count). The Hall–Kier alpha value is -6.01. The first-order chi connectivity index (χ1) is 27.5. The molecular formula is C38H30Cl2F3N11O3. The molecule has 8 aromatic rings. The van der Waals surface area contributed by atoms with Crippen molar-refractivity contribution in [3.63, 3.8) is 0 Å². The maximum atomic E-state index is 13.0. The zero-order chi connectivity index (χ0) is 39.7. The summed E-state index contributed by atoms with van der Waals surface area (Å²) in [4.78, 5) is 29.6. The van der Waals surface area contributed by atoms with Crippen LogP contribution in [0.4, 0.5) is 18.9 Å². The number of benzene rings is 1. The molecule has 9 heterocycles. The Morgan fingerprint density at radius 3 is 2.05 bits per heavy atom. The van der Waals surface area contributed by atoms with Gasteiger partial charge in [-0.2, -0.15) is 28.5 Å². The summed E-state index contributed by atoms with van der Waals surface area (Å²) in [6.45, 7) is 4.54. The van der Waals surface area contributed by atoms with Crippen LogP contribution in [0.3, 0.4) is 0 Å². The smallest absolute Gasteiger partial charge is 0.380 e. The molecule has 7 aromatic heterocycles. The highest BCUT2D eigenvalue weighted by Gasteiger charge is 2.31. The van der Waals surface area contributed by atoms with Crippen molar-refractivity contribution < 1.29 is 27.4 Å². The first-order valence-electron chi connectivity index (χ1n) is 17.4. The summed E-state index contributed by atoms with van der Waals surface area (Å²) >= 11 is 11.5. The largest absolute Gasteiger partial charge is 0.416 e. The number of aromatic nitrogens is 10. The summed E-state index contributed by atoms with van der Waals surface area (Å²) in [7, 11) is 0. The number of amides is 1. The van der Waals surface area contributed by atoms with E-state index in [4.69, 9.17) is 32.7 Å². The molecule has 0 atom stereocenters. The van der Waals surface area contributed by atoms with Gasteiger partial charge < -0.3 is 14.8 Å². The average molecular weight is 817 g/mol. The summed E-state index contributed by atoms with van der Waals surface area (Å²) in [6.07, 6.45) is 7.30. The van der Waals surface area contributed by atoms with Gasteiger partial charge in [-0.05, 0) is 55.5 Å². The number of pyridine rings is 1. The zero-order valence-electron chi connectivity index (χ0n) is 29.8. The number of ether oxygens (including phenoxy) is 2. The maximum absolute atomic E-state index is 13.0. The molecule has 2 aliphatic rings. The highest BCUT2D eigenvalue weighted by molar-refractivity contribution is 6.29. The second-order valence-electron chi connectivity index (χ2n) is 13.0. The molecule has 0 saturated carbocycles. The summed E-state index contributed by atoms with van der Waals surface area (Å²) in [5, 5.41) is 16.3.